The minimum absolute atomic E-state index is 0.0323. The molecule has 5 aliphatic rings. The van der Waals surface area contributed by atoms with Gasteiger partial charge in [0.05, 0.1) is 34.0 Å². The van der Waals surface area contributed by atoms with E-state index in [-0.39, 0.29) is 23.0 Å². The van der Waals surface area contributed by atoms with Crippen molar-refractivity contribution in [2.45, 2.75) is 89.5 Å². The Morgan fingerprint density at radius 1 is 1.15 bits per heavy atom. The third-order valence-corrected chi connectivity index (χ3v) is 12.1. The Morgan fingerprint density at radius 3 is 2.81 bits per heavy atom. The van der Waals surface area contributed by atoms with Crippen molar-refractivity contribution in [2.24, 2.45) is 5.92 Å². The summed E-state index contributed by atoms with van der Waals surface area (Å²) in [5.74, 6) is 1.13. The maximum Gasteiger partial charge on any atom is 0.318 e. The fourth-order valence-electron chi connectivity index (χ4n) is 9.56. The lowest BCUT2D eigenvalue weighted by Gasteiger charge is -2.46. The second kappa shape index (κ2) is 11.9. The summed E-state index contributed by atoms with van der Waals surface area (Å²) >= 11 is 6.89. The highest BCUT2D eigenvalue weighted by molar-refractivity contribution is 6.34. The van der Waals surface area contributed by atoms with Crippen molar-refractivity contribution < 1.29 is 13.9 Å². The molecule has 8 rings (SSSR count). The van der Waals surface area contributed by atoms with Crippen LogP contribution in [0.4, 0.5) is 10.2 Å². The summed E-state index contributed by atoms with van der Waals surface area (Å²) in [5.41, 5.74) is 4.56. The van der Waals surface area contributed by atoms with E-state index < -0.39 is 5.54 Å². The zero-order valence-corrected chi connectivity index (χ0v) is 29.3. The molecule has 6 heterocycles. The van der Waals surface area contributed by atoms with Gasteiger partial charge in [-0.3, -0.25) is 19.3 Å². The first-order valence-corrected chi connectivity index (χ1v) is 18.0. The van der Waals surface area contributed by atoms with Crippen molar-refractivity contribution in [3.63, 3.8) is 0 Å². The average molecular weight is 677 g/mol. The fourth-order valence-corrected chi connectivity index (χ4v) is 9.84. The molecular weight excluding hydrogens is 631 g/mol. The Morgan fingerprint density at radius 2 is 2.00 bits per heavy atom. The molecule has 3 aromatic rings. The summed E-state index contributed by atoms with van der Waals surface area (Å²) in [6.07, 6.45) is 6.54. The zero-order chi connectivity index (χ0) is 33.4. The molecule has 1 aromatic carbocycles. The number of aryl methyl sites for hydroxylation is 2. The number of aromatic nitrogens is 4. The Hall–Kier alpha value is -3.28. The molecule has 12 heteroatoms. The lowest BCUT2D eigenvalue weighted by molar-refractivity contribution is 0.0639. The second-order valence-corrected chi connectivity index (χ2v) is 15.3. The lowest BCUT2D eigenvalue weighted by atomic mass is 9.80. The molecule has 2 fully saturated rings. The number of hydrogen-bond donors (Lipinski definition) is 0. The van der Waals surface area contributed by atoms with E-state index in [1.54, 1.807) is 20.2 Å². The maximum absolute atomic E-state index is 15.7. The molecule has 0 bridgehead atoms. The van der Waals surface area contributed by atoms with E-state index >= 15 is 4.39 Å². The Bertz CT molecular complexity index is 1760. The number of fused-ring (bicyclic) bond motifs is 5. The quantitative estimate of drug-likeness (QED) is 0.359. The van der Waals surface area contributed by atoms with Crippen LogP contribution in [-0.4, -0.2) is 92.8 Å². The van der Waals surface area contributed by atoms with Crippen molar-refractivity contribution in [2.75, 3.05) is 51.8 Å². The van der Waals surface area contributed by atoms with Gasteiger partial charge in [0.2, 0.25) is 0 Å². The number of likely N-dealkylation sites (N-methyl/N-ethyl adjacent to an activating group) is 1. The largest absolute Gasteiger partial charge is 0.461 e. The zero-order valence-electron chi connectivity index (χ0n) is 28.6. The first-order chi connectivity index (χ1) is 23.1. The van der Waals surface area contributed by atoms with Crippen LogP contribution >= 0.6 is 11.6 Å². The predicted octanol–water partition coefficient (Wildman–Crippen LogP) is 5.05. The number of halogens is 2. The van der Waals surface area contributed by atoms with Gasteiger partial charge in [-0.2, -0.15) is 15.1 Å². The molecule has 10 nitrogen and oxygen atoms in total. The van der Waals surface area contributed by atoms with Crippen molar-refractivity contribution in [1.29, 1.82) is 0 Å². The molecule has 2 aromatic heterocycles. The van der Waals surface area contributed by atoms with Crippen LogP contribution in [0.5, 0.6) is 6.01 Å². The number of hydrogen-bond acceptors (Lipinski definition) is 8. The molecule has 4 aliphatic heterocycles. The van der Waals surface area contributed by atoms with Crippen molar-refractivity contribution >= 4 is 23.3 Å². The molecule has 1 spiro atoms. The van der Waals surface area contributed by atoms with E-state index in [2.05, 4.69) is 39.7 Å². The van der Waals surface area contributed by atoms with Crippen molar-refractivity contribution in [3.05, 3.63) is 62.8 Å². The van der Waals surface area contributed by atoms with E-state index in [0.29, 0.717) is 49.6 Å². The van der Waals surface area contributed by atoms with Crippen LogP contribution in [0.15, 0.2) is 18.2 Å². The number of anilines is 1. The van der Waals surface area contributed by atoms with Gasteiger partial charge in [-0.25, -0.2) is 4.39 Å². The highest BCUT2D eigenvalue weighted by Gasteiger charge is 2.50. The lowest BCUT2D eigenvalue weighted by Crippen LogP contribution is -2.50. The van der Waals surface area contributed by atoms with Crippen LogP contribution in [0, 0.1) is 11.7 Å². The normalized spacial score (nSPS) is 26.7. The molecule has 0 N–H and O–H groups in total. The third-order valence-electron chi connectivity index (χ3n) is 11.7. The van der Waals surface area contributed by atoms with Crippen LogP contribution in [0.1, 0.15) is 84.5 Å². The Labute approximate surface area is 287 Å². The van der Waals surface area contributed by atoms with Gasteiger partial charge in [-0.15, -0.1) is 0 Å². The summed E-state index contributed by atoms with van der Waals surface area (Å²) in [7, 11) is 3.42. The van der Waals surface area contributed by atoms with E-state index in [4.69, 9.17) is 26.3 Å². The van der Waals surface area contributed by atoms with E-state index in [1.807, 2.05) is 10.7 Å². The number of nitrogens with zero attached hydrogens (tertiary/aromatic N) is 8. The number of carbonyl (C=O) groups is 1. The second-order valence-electron chi connectivity index (χ2n) is 14.9. The molecule has 0 saturated carbocycles. The maximum atomic E-state index is 15.7. The van der Waals surface area contributed by atoms with Gasteiger partial charge in [0, 0.05) is 57.8 Å². The van der Waals surface area contributed by atoms with Gasteiger partial charge in [0.15, 0.2) is 5.69 Å². The van der Waals surface area contributed by atoms with Gasteiger partial charge < -0.3 is 14.5 Å². The van der Waals surface area contributed by atoms with Crippen LogP contribution in [0.3, 0.4) is 0 Å². The summed E-state index contributed by atoms with van der Waals surface area (Å²) in [6.45, 7) is 10.5. The SMILES string of the molecule is CCN1Cc2c(nc(OC[C@@]34CCCN3C[C@H](C)C4)nc2N2CCCn3nc(C(=O)N(C)C)c(Cl)c3C2)C[C@]12CCc1cccc(F)c12. The van der Waals surface area contributed by atoms with Crippen LogP contribution in [0.2, 0.25) is 5.02 Å². The fraction of sp³-hybridized carbons (Fsp3) is 0.611. The molecule has 48 heavy (non-hydrogen) atoms. The summed E-state index contributed by atoms with van der Waals surface area (Å²) in [4.78, 5) is 32.1. The summed E-state index contributed by atoms with van der Waals surface area (Å²) in [5, 5.41) is 5.03. The van der Waals surface area contributed by atoms with Gasteiger partial charge in [0.1, 0.15) is 18.2 Å². The number of rotatable bonds is 6. The number of amides is 1. The number of benzene rings is 1. The minimum Gasteiger partial charge on any atom is -0.461 e. The molecule has 1 amide bonds. The minimum atomic E-state index is -0.463. The predicted molar refractivity (Wildman–Crippen MR) is 182 cm³/mol. The highest BCUT2D eigenvalue weighted by atomic mass is 35.5. The molecule has 3 atom stereocenters. The third kappa shape index (κ3) is 5.02. The summed E-state index contributed by atoms with van der Waals surface area (Å²) < 4.78 is 24.2. The van der Waals surface area contributed by atoms with Crippen LogP contribution in [-0.2, 0) is 38.0 Å². The first-order valence-electron chi connectivity index (χ1n) is 17.6. The highest BCUT2D eigenvalue weighted by Crippen LogP contribution is 2.50. The number of ether oxygens (including phenoxy) is 1. The standard InChI is InChI=1S/C36H46ClFN8O2/c1-5-44-20-25-27(18-36(44)13-11-24-9-6-10-26(38)29(24)36)39-34(48-22-35-12-7-15-45(35)19-23(2)17-35)40-32(25)43-14-8-16-46-28(21-43)30(37)31(41-46)33(47)42(3)4/h6,9-10,23H,5,7-8,11-22H2,1-4H3/t23-,35+,36+/m1/s1. The number of carbonyl (C=O) groups excluding carboxylic acids is 1. The monoisotopic (exact) mass is 676 g/mol. The molecule has 0 radical (unpaired) electrons. The molecular formula is C36H46ClFN8O2. The summed E-state index contributed by atoms with van der Waals surface area (Å²) in [6, 6.07) is 5.90. The smallest absolute Gasteiger partial charge is 0.318 e. The first kappa shape index (κ1) is 32.0. The van der Waals surface area contributed by atoms with Gasteiger partial charge in [-0.05, 0) is 69.2 Å². The van der Waals surface area contributed by atoms with E-state index in [1.165, 1.54) is 11.3 Å². The van der Waals surface area contributed by atoms with Gasteiger partial charge in [-0.1, -0.05) is 37.6 Å². The topological polar surface area (TPSA) is 82.9 Å². The van der Waals surface area contributed by atoms with Crippen molar-refractivity contribution in [3.8, 4) is 6.01 Å². The van der Waals surface area contributed by atoms with Crippen molar-refractivity contribution in [1.82, 2.24) is 34.4 Å². The molecule has 0 unspecified atom stereocenters. The average Bonchev–Trinajstić information content (AvgIpc) is 3.75. The van der Waals surface area contributed by atoms with Crippen LogP contribution < -0.4 is 9.64 Å². The van der Waals surface area contributed by atoms with Gasteiger partial charge >= 0.3 is 6.01 Å². The Balaban J connectivity index is 1.20. The molecule has 2 saturated heterocycles. The van der Waals surface area contributed by atoms with E-state index in [9.17, 15) is 4.79 Å². The van der Waals surface area contributed by atoms with E-state index in [0.717, 1.165) is 92.2 Å². The Kier molecular flexibility index (Phi) is 7.95. The van der Waals surface area contributed by atoms with Gasteiger partial charge in [0.25, 0.3) is 5.91 Å². The molecule has 1 aliphatic carbocycles. The molecule has 256 valence electrons. The van der Waals surface area contributed by atoms with Crippen LogP contribution in [0.25, 0.3) is 0 Å².